The van der Waals surface area contributed by atoms with Crippen molar-refractivity contribution in [3.8, 4) is 0 Å². The van der Waals surface area contributed by atoms with E-state index in [2.05, 4.69) is 51.5 Å². The molecule has 0 saturated heterocycles. The van der Waals surface area contributed by atoms with E-state index in [1.807, 2.05) is 0 Å². The van der Waals surface area contributed by atoms with Gasteiger partial charge in [0.15, 0.2) is 0 Å². The Hall–Kier alpha value is -1.66. The summed E-state index contributed by atoms with van der Waals surface area (Å²) in [5.41, 5.74) is 1.04. The lowest BCUT2D eigenvalue weighted by molar-refractivity contribution is -0.118. The number of amides is 2. The summed E-state index contributed by atoms with van der Waals surface area (Å²) in [7, 11) is 0. The highest BCUT2D eigenvalue weighted by atomic mass is 16.5. The highest BCUT2D eigenvalue weighted by Gasteiger charge is 2.31. The van der Waals surface area contributed by atoms with Gasteiger partial charge in [0.2, 0.25) is 11.8 Å². The third kappa shape index (κ3) is 21.7. The Morgan fingerprint density at radius 3 is 1.32 bits per heavy atom. The average Bonchev–Trinajstić information content (AvgIpc) is 2.93. The van der Waals surface area contributed by atoms with Crippen LogP contribution in [0.1, 0.15) is 131 Å². The van der Waals surface area contributed by atoms with Crippen LogP contribution in [0.3, 0.4) is 0 Å². The maximum absolute atomic E-state index is 11.9. The van der Waals surface area contributed by atoms with Crippen LogP contribution < -0.4 is 10.6 Å². The van der Waals surface area contributed by atoms with Gasteiger partial charge in [-0.25, -0.2) is 0 Å². The fourth-order valence-electron chi connectivity index (χ4n) is 4.92. The first-order chi connectivity index (χ1) is 19.6. The van der Waals surface area contributed by atoms with E-state index in [1.54, 1.807) is 13.8 Å². The zero-order chi connectivity index (χ0) is 30.9. The minimum atomic E-state index is -0.0979. The molecule has 0 aromatic carbocycles. The molecule has 2 N–H and O–H groups in total. The second kappa shape index (κ2) is 24.9. The van der Waals surface area contributed by atoms with Crippen LogP contribution in [0, 0.1) is 17.3 Å². The fraction of sp³-hybridized carbons (Fsp3) is 0.829. The minimum absolute atomic E-state index is 0.0170. The lowest BCUT2D eigenvalue weighted by Crippen LogP contribution is -2.36. The molecule has 0 aliphatic carbocycles. The highest BCUT2D eigenvalue weighted by Crippen LogP contribution is 2.34. The molecule has 0 saturated carbocycles. The van der Waals surface area contributed by atoms with Crippen LogP contribution >= 0.6 is 0 Å². The Morgan fingerprint density at radius 1 is 0.634 bits per heavy atom. The topological polar surface area (TPSA) is 76.7 Å². The van der Waals surface area contributed by atoms with Crippen molar-refractivity contribution in [2.24, 2.45) is 17.3 Å². The van der Waals surface area contributed by atoms with Crippen LogP contribution in [0.5, 0.6) is 0 Å². The van der Waals surface area contributed by atoms with Crippen molar-refractivity contribution in [3.05, 3.63) is 24.3 Å². The second-order valence-electron chi connectivity index (χ2n) is 12.8. The first-order valence-electron chi connectivity index (χ1n) is 16.6. The molecule has 2 atom stereocenters. The summed E-state index contributed by atoms with van der Waals surface area (Å²) in [6, 6.07) is 0. The van der Waals surface area contributed by atoms with Gasteiger partial charge in [0.05, 0.1) is 26.4 Å². The molecule has 0 rings (SSSR count). The number of ether oxygens (including phenoxy) is 2. The van der Waals surface area contributed by atoms with Crippen molar-refractivity contribution in [3.63, 3.8) is 0 Å². The summed E-state index contributed by atoms with van der Waals surface area (Å²) in [4.78, 5) is 23.8. The normalized spacial score (nSPS) is 13.0. The van der Waals surface area contributed by atoms with Gasteiger partial charge in [-0.1, -0.05) is 118 Å². The van der Waals surface area contributed by atoms with Gasteiger partial charge >= 0.3 is 0 Å². The van der Waals surface area contributed by atoms with Gasteiger partial charge < -0.3 is 20.1 Å². The summed E-state index contributed by atoms with van der Waals surface area (Å²) in [6.45, 7) is 23.4. The molecule has 0 radical (unpaired) electrons. The quantitative estimate of drug-likeness (QED) is 0.0725. The van der Waals surface area contributed by atoms with Gasteiger partial charge in [0.25, 0.3) is 0 Å². The van der Waals surface area contributed by atoms with Gasteiger partial charge in [-0.3, -0.25) is 9.59 Å². The predicted molar refractivity (Wildman–Crippen MR) is 174 cm³/mol. The highest BCUT2D eigenvalue weighted by molar-refractivity contribution is 5.92. The number of carbonyl (C=O) groups excluding carboxylic acids is 2. The molecule has 2 amide bonds. The molecule has 0 fully saturated rings. The Morgan fingerprint density at radius 2 is 0.976 bits per heavy atom. The van der Waals surface area contributed by atoms with E-state index in [1.165, 1.54) is 77.0 Å². The van der Waals surface area contributed by atoms with E-state index >= 15 is 0 Å². The summed E-state index contributed by atoms with van der Waals surface area (Å²) >= 11 is 0. The van der Waals surface area contributed by atoms with Gasteiger partial charge in [-0.2, -0.15) is 0 Å². The summed E-state index contributed by atoms with van der Waals surface area (Å²) in [5, 5.41) is 5.88. The molecule has 41 heavy (non-hydrogen) atoms. The van der Waals surface area contributed by atoms with Gasteiger partial charge in [-0.05, 0) is 38.5 Å². The van der Waals surface area contributed by atoms with Crippen molar-refractivity contribution >= 4 is 11.8 Å². The van der Waals surface area contributed by atoms with E-state index < -0.39 is 0 Å². The number of nitrogens with one attached hydrogen (secondary N) is 2. The van der Waals surface area contributed by atoms with Crippen LogP contribution in [0.2, 0.25) is 0 Å². The lowest BCUT2D eigenvalue weighted by atomic mass is 9.79. The Balaban J connectivity index is 5.24. The molecule has 6 nitrogen and oxygen atoms in total. The largest absolute Gasteiger partial charge is 0.380 e. The lowest BCUT2D eigenvalue weighted by Gasteiger charge is -2.35. The van der Waals surface area contributed by atoms with Gasteiger partial charge in [0, 0.05) is 29.7 Å². The predicted octanol–water partition coefficient (Wildman–Crippen LogP) is 8.16. The summed E-state index contributed by atoms with van der Waals surface area (Å²) in [5.74, 6) is 0.243. The van der Waals surface area contributed by atoms with E-state index in [9.17, 15) is 9.59 Å². The third-order valence-corrected chi connectivity index (χ3v) is 7.74. The van der Waals surface area contributed by atoms with Crippen molar-refractivity contribution in [2.75, 3.05) is 39.5 Å². The molecule has 0 aliphatic heterocycles. The molecule has 0 aromatic rings. The first-order valence-corrected chi connectivity index (χ1v) is 16.6. The van der Waals surface area contributed by atoms with Crippen LogP contribution in [-0.4, -0.2) is 51.3 Å². The standard InChI is InChI=1S/C35H66N2O4/c1-9-11-13-15-17-19-21-35(22-20-18-16-14-12-10-2,27-40-25-31(7)23-36-33(38)29(3)4)28-41-26-32(8)24-37-34(39)30(5)6/h31-32H,3,5,9-28H2,1-2,4,6-8H3,(H,36,38)(H,37,39). The zero-order valence-electron chi connectivity index (χ0n) is 27.8. The summed E-state index contributed by atoms with van der Waals surface area (Å²) < 4.78 is 12.8. The molecule has 0 spiro atoms. The van der Waals surface area contributed by atoms with E-state index in [4.69, 9.17) is 9.47 Å². The third-order valence-electron chi connectivity index (χ3n) is 7.74. The van der Waals surface area contributed by atoms with Crippen LogP contribution in [0.4, 0.5) is 0 Å². The maximum atomic E-state index is 11.9. The van der Waals surface area contributed by atoms with E-state index in [-0.39, 0.29) is 29.1 Å². The minimum Gasteiger partial charge on any atom is -0.380 e. The van der Waals surface area contributed by atoms with Crippen molar-refractivity contribution in [1.29, 1.82) is 0 Å². The molecule has 0 aliphatic rings. The van der Waals surface area contributed by atoms with E-state index in [0.717, 1.165) is 12.8 Å². The van der Waals surface area contributed by atoms with E-state index in [0.29, 0.717) is 50.7 Å². The number of hydrogen-bond donors (Lipinski definition) is 2. The fourth-order valence-corrected chi connectivity index (χ4v) is 4.92. The summed E-state index contributed by atoms with van der Waals surface area (Å²) in [6.07, 6.45) is 17.5. The average molecular weight is 579 g/mol. The van der Waals surface area contributed by atoms with Gasteiger partial charge in [0.1, 0.15) is 0 Å². The molecule has 240 valence electrons. The monoisotopic (exact) mass is 579 g/mol. The smallest absolute Gasteiger partial charge is 0.246 e. The Bertz CT molecular complexity index is 661. The second-order valence-corrected chi connectivity index (χ2v) is 12.8. The number of unbranched alkanes of at least 4 members (excludes halogenated alkanes) is 10. The first kappa shape index (κ1) is 39.3. The van der Waals surface area contributed by atoms with Crippen LogP contribution in [-0.2, 0) is 19.1 Å². The van der Waals surface area contributed by atoms with Crippen molar-refractivity contribution in [1.82, 2.24) is 10.6 Å². The zero-order valence-corrected chi connectivity index (χ0v) is 27.8. The molecular weight excluding hydrogens is 512 g/mol. The number of hydrogen-bond acceptors (Lipinski definition) is 4. The van der Waals surface area contributed by atoms with Crippen LogP contribution in [0.25, 0.3) is 0 Å². The number of carbonyl (C=O) groups is 2. The SMILES string of the molecule is C=C(C)C(=O)NCC(C)COCC(CCCCCCCC)(CCCCCCCC)COCC(C)CNC(=O)C(=C)C. The maximum Gasteiger partial charge on any atom is 0.246 e. The molecule has 2 unspecified atom stereocenters. The van der Waals surface area contributed by atoms with Gasteiger partial charge in [-0.15, -0.1) is 0 Å². The molecular formula is C35H66N2O4. The molecule has 6 heteroatoms. The molecule has 0 heterocycles. The van der Waals surface area contributed by atoms with Crippen LogP contribution in [0.15, 0.2) is 24.3 Å². The number of rotatable bonds is 28. The van der Waals surface area contributed by atoms with Crippen molar-refractivity contribution in [2.45, 2.75) is 131 Å². The molecule has 0 aromatic heterocycles. The Kier molecular flexibility index (Phi) is 23.9. The molecule has 0 bridgehead atoms. The Labute approximate surface area is 253 Å². The van der Waals surface area contributed by atoms with Crippen molar-refractivity contribution < 1.29 is 19.1 Å².